The molecular formula is C26H35FN3O9P. The number of aromatic nitrogens is 2. The summed E-state index contributed by atoms with van der Waals surface area (Å²) in [7, 11) is -4.33. The van der Waals surface area contributed by atoms with Gasteiger partial charge in [0.2, 0.25) is 0 Å². The van der Waals surface area contributed by atoms with E-state index in [0.717, 1.165) is 55.9 Å². The molecule has 0 radical (unpaired) electrons. The van der Waals surface area contributed by atoms with Crippen molar-refractivity contribution >= 4 is 13.7 Å². The second-order valence-corrected chi connectivity index (χ2v) is 11.8. The number of aliphatic hydroxyl groups excluding tert-OH is 1. The Kier molecular flexibility index (Phi) is 9.63. The van der Waals surface area contributed by atoms with Crippen LogP contribution in [0.25, 0.3) is 0 Å². The van der Waals surface area contributed by atoms with E-state index in [1.54, 1.807) is 25.1 Å². The molecule has 40 heavy (non-hydrogen) atoms. The summed E-state index contributed by atoms with van der Waals surface area (Å²) in [6.07, 6.45) is 0.763. The normalized spacial score (nSPS) is 27.6. The fraction of sp³-hybridized carbons (Fsp3) is 0.577. The Morgan fingerprint density at radius 1 is 1.25 bits per heavy atom. The molecule has 1 saturated carbocycles. The summed E-state index contributed by atoms with van der Waals surface area (Å²) in [5.74, 6) is -0.421. The molecule has 14 heteroatoms. The van der Waals surface area contributed by atoms with E-state index in [1.807, 2.05) is 4.98 Å². The highest BCUT2D eigenvalue weighted by atomic mass is 31.2. The molecule has 220 valence electrons. The van der Waals surface area contributed by atoms with Crippen LogP contribution in [0.2, 0.25) is 0 Å². The minimum Gasteiger partial charge on any atom is -0.461 e. The molecule has 0 bridgehead atoms. The van der Waals surface area contributed by atoms with Gasteiger partial charge in [-0.25, -0.2) is 13.8 Å². The van der Waals surface area contributed by atoms with Gasteiger partial charge >= 0.3 is 19.4 Å². The summed E-state index contributed by atoms with van der Waals surface area (Å²) in [6.45, 7) is 2.12. The minimum absolute atomic E-state index is 0.176. The van der Waals surface area contributed by atoms with E-state index in [2.05, 4.69) is 5.09 Å². The number of nitrogens with zero attached hydrogens (tertiary/aromatic N) is 1. The molecule has 2 unspecified atom stereocenters. The highest BCUT2D eigenvalue weighted by molar-refractivity contribution is 7.52. The van der Waals surface area contributed by atoms with Crippen LogP contribution in [0.15, 0.2) is 52.2 Å². The smallest absolute Gasteiger partial charge is 0.459 e. The number of H-pyrrole nitrogens is 1. The molecule has 2 fully saturated rings. The van der Waals surface area contributed by atoms with Crippen molar-refractivity contribution in [3.63, 3.8) is 0 Å². The number of alkyl halides is 1. The summed E-state index contributed by atoms with van der Waals surface area (Å²) < 4.78 is 52.8. The van der Waals surface area contributed by atoms with Gasteiger partial charge in [-0.1, -0.05) is 31.5 Å². The number of nitrogens with one attached hydrogen (secondary N) is 2. The SMILES string of the molecule is CC[C@H](NP(=O)(OC[C@H]1O[C@@H](n2ccc(=O)[nH]c2=O)C(C)(F)[C@@H]1O)Oc1ccccc1)C(=O)OC1CCCCC1. The van der Waals surface area contributed by atoms with Gasteiger partial charge in [0.05, 0.1) is 6.61 Å². The number of hydrogen-bond donors (Lipinski definition) is 3. The lowest BCUT2D eigenvalue weighted by Crippen LogP contribution is -2.44. The number of hydrogen-bond acceptors (Lipinski definition) is 9. The summed E-state index contributed by atoms with van der Waals surface area (Å²) >= 11 is 0. The summed E-state index contributed by atoms with van der Waals surface area (Å²) in [5.41, 5.74) is -4.10. The maximum Gasteiger partial charge on any atom is 0.459 e. The van der Waals surface area contributed by atoms with Crippen LogP contribution in [0, 0.1) is 0 Å². The molecular weight excluding hydrogens is 548 g/mol. The highest BCUT2D eigenvalue weighted by Gasteiger charge is 2.56. The van der Waals surface area contributed by atoms with Crippen LogP contribution in [0.3, 0.4) is 0 Å². The van der Waals surface area contributed by atoms with Crippen LogP contribution < -0.4 is 20.9 Å². The van der Waals surface area contributed by atoms with Crippen LogP contribution in [0.5, 0.6) is 5.75 Å². The van der Waals surface area contributed by atoms with Gasteiger partial charge in [-0.3, -0.25) is 23.7 Å². The fourth-order valence-corrected chi connectivity index (χ4v) is 6.37. The first-order valence-corrected chi connectivity index (χ1v) is 14.9. The molecule has 1 aliphatic carbocycles. The Hall–Kier alpha value is -2.83. The molecule has 2 heterocycles. The van der Waals surface area contributed by atoms with E-state index in [4.69, 9.17) is 18.5 Å². The maximum absolute atomic E-state index is 15.6. The van der Waals surface area contributed by atoms with Crippen molar-refractivity contribution in [3.05, 3.63) is 63.4 Å². The third-order valence-electron chi connectivity index (χ3n) is 7.04. The predicted octanol–water partition coefficient (Wildman–Crippen LogP) is 2.97. The van der Waals surface area contributed by atoms with E-state index in [1.165, 1.54) is 12.1 Å². The molecule has 0 amide bonds. The lowest BCUT2D eigenvalue weighted by atomic mass is 9.98. The van der Waals surface area contributed by atoms with E-state index >= 15 is 4.39 Å². The molecule has 1 aromatic carbocycles. The summed E-state index contributed by atoms with van der Waals surface area (Å²) in [6, 6.07) is 8.09. The molecule has 1 saturated heterocycles. The van der Waals surface area contributed by atoms with Crippen molar-refractivity contribution in [1.29, 1.82) is 0 Å². The number of esters is 1. The second kappa shape index (κ2) is 12.8. The Balaban J connectivity index is 1.51. The number of ether oxygens (including phenoxy) is 2. The van der Waals surface area contributed by atoms with Crippen molar-refractivity contribution in [3.8, 4) is 5.75 Å². The standard InChI is InChI=1S/C26H35FN3O9P/c1-3-19(23(33)37-17-10-6-4-7-11-17)29-40(35,39-18-12-8-5-9-13-18)36-16-20-22(32)26(2,27)24(38-20)30-15-14-21(31)28-25(30)34/h5,8-9,12-15,17,19-20,22,24,32H,3-4,6-7,10-11,16H2,1-2H3,(H,29,35)(H,28,31,34)/t19-,20+,22+,24+,26?,40?/m0/s1. The Morgan fingerprint density at radius 3 is 2.60 bits per heavy atom. The number of carbonyl (C=O) groups excluding carboxylic acids is 1. The number of aromatic amines is 1. The molecule has 2 aromatic rings. The Bertz CT molecular complexity index is 1310. The third kappa shape index (κ3) is 7.08. The van der Waals surface area contributed by atoms with E-state index in [9.17, 15) is 24.1 Å². The molecule has 4 rings (SSSR count). The topological polar surface area (TPSA) is 158 Å². The number of halogens is 1. The van der Waals surface area contributed by atoms with Gasteiger partial charge in [0, 0.05) is 12.3 Å². The van der Waals surface area contributed by atoms with Gasteiger partial charge in [-0.05, 0) is 51.2 Å². The molecule has 6 atom stereocenters. The molecule has 1 aliphatic heterocycles. The van der Waals surface area contributed by atoms with Crippen molar-refractivity contribution < 1.29 is 37.4 Å². The number of carbonyl (C=O) groups is 1. The second-order valence-electron chi connectivity index (χ2n) is 10.1. The van der Waals surface area contributed by atoms with Gasteiger partial charge in [-0.2, -0.15) is 5.09 Å². The number of para-hydroxylation sites is 1. The van der Waals surface area contributed by atoms with Gasteiger partial charge in [0.15, 0.2) is 11.9 Å². The monoisotopic (exact) mass is 583 g/mol. The Morgan fingerprint density at radius 2 is 1.95 bits per heavy atom. The molecule has 12 nitrogen and oxygen atoms in total. The largest absolute Gasteiger partial charge is 0.461 e. The molecule has 1 aromatic heterocycles. The van der Waals surface area contributed by atoms with Crippen LogP contribution in [0.4, 0.5) is 4.39 Å². The zero-order valence-corrected chi connectivity index (χ0v) is 23.3. The van der Waals surface area contributed by atoms with Crippen LogP contribution >= 0.6 is 7.75 Å². The van der Waals surface area contributed by atoms with Gasteiger partial charge in [-0.15, -0.1) is 0 Å². The van der Waals surface area contributed by atoms with Crippen molar-refractivity contribution in [2.45, 2.75) is 88.6 Å². The molecule has 2 aliphatic rings. The number of rotatable bonds is 11. The summed E-state index contributed by atoms with van der Waals surface area (Å²) in [4.78, 5) is 38.6. The Labute approximate surface area is 230 Å². The number of benzene rings is 1. The van der Waals surface area contributed by atoms with Crippen LogP contribution in [-0.4, -0.2) is 57.3 Å². The number of aliphatic hydroxyl groups is 1. The quantitative estimate of drug-likeness (QED) is 0.265. The molecule has 0 spiro atoms. The van der Waals surface area contributed by atoms with Crippen molar-refractivity contribution in [2.75, 3.05) is 6.61 Å². The van der Waals surface area contributed by atoms with Crippen molar-refractivity contribution in [1.82, 2.24) is 14.6 Å². The zero-order chi connectivity index (χ0) is 28.9. The zero-order valence-electron chi connectivity index (χ0n) is 22.4. The van der Waals surface area contributed by atoms with Gasteiger partial charge in [0.25, 0.3) is 5.56 Å². The van der Waals surface area contributed by atoms with Crippen LogP contribution in [-0.2, 0) is 23.4 Å². The van der Waals surface area contributed by atoms with Crippen LogP contribution in [0.1, 0.15) is 58.6 Å². The minimum atomic E-state index is -4.33. The first-order chi connectivity index (χ1) is 19.0. The highest BCUT2D eigenvalue weighted by Crippen LogP contribution is 2.47. The van der Waals surface area contributed by atoms with Gasteiger partial charge in [0.1, 0.15) is 30.1 Å². The average Bonchev–Trinajstić information content (AvgIpc) is 3.15. The molecule has 3 N–H and O–H groups in total. The first-order valence-electron chi connectivity index (χ1n) is 13.3. The lowest BCUT2D eigenvalue weighted by Gasteiger charge is -2.28. The third-order valence-corrected chi connectivity index (χ3v) is 8.61. The lowest BCUT2D eigenvalue weighted by molar-refractivity contribution is -0.152. The van der Waals surface area contributed by atoms with E-state index in [0.29, 0.717) is 0 Å². The van der Waals surface area contributed by atoms with E-state index < -0.39 is 61.7 Å². The summed E-state index contributed by atoms with van der Waals surface area (Å²) in [5, 5.41) is 13.3. The fourth-order valence-electron chi connectivity index (χ4n) is 4.78. The first kappa shape index (κ1) is 30.1. The van der Waals surface area contributed by atoms with E-state index in [-0.39, 0.29) is 18.3 Å². The van der Waals surface area contributed by atoms with Crippen molar-refractivity contribution in [2.24, 2.45) is 0 Å². The van der Waals surface area contributed by atoms with Gasteiger partial charge < -0.3 is 19.1 Å². The maximum atomic E-state index is 15.6. The average molecular weight is 584 g/mol. The predicted molar refractivity (Wildman–Crippen MR) is 142 cm³/mol.